The molecular formula is C24H21N2O4-. The van der Waals surface area contributed by atoms with Gasteiger partial charge in [0.2, 0.25) is 0 Å². The molecule has 1 aliphatic rings. The topological polar surface area (TPSA) is 81.7 Å². The second-order valence-electron chi connectivity index (χ2n) is 7.10. The fourth-order valence-electron chi connectivity index (χ4n) is 3.63. The van der Waals surface area contributed by atoms with E-state index in [9.17, 15) is 14.7 Å². The third kappa shape index (κ3) is 3.85. The first-order valence-corrected chi connectivity index (χ1v) is 9.67. The summed E-state index contributed by atoms with van der Waals surface area (Å²) in [5.74, 6) is -0.503. The van der Waals surface area contributed by atoms with Crippen LogP contribution in [-0.4, -0.2) is 30.4 Å². The van der Waals surface area contributed by atoms with Crippen molar-refractivity contribution >= 4 is 17.6 Å². The van der Waals surface area contributed by atoms with Crippen LogP contribution in [0.5, 0.6) is 5.75 Å². The zero-order chi connectivity index (χ0) is 21.1. The zero-order valence-electron chi connectivity index (χ0n) is 16.5. The number of aromatic carboxylic acids is 1. The molecule has 0 fully saturated rings. The van der Waals surface area contributed by atoms with E-state index in [0.717, 1.165) is 22.6 Å². The molecule has 0 aromatic heterocycles. The van der Waals surface area contributed by atoms with Gasteiger partial charge >= 0.3 is 0 Å². The van der Waals surface area contributed by atoms with Gasteiger partial charge in [-0.2, -0.15) is 0 Å². The smallest absolute Gasteiger partial charge is 0.257 e. The average molecular weight is 401 g/mol. The van der Waals surface area contributed by atoms with E-state index < -0.39 is 12.1 Å². The van der Waals surface area contributed by atoms with Gasteiger partial charge in [0.1, 0.15) is 11.9 Å². The molecule has 0 radical (unpaired) electrons. The molecule has 1 amide bonds. The minimum absolute atomic E-state index is 0.0631. The van der Waals surface area contributed by atoms with E-state index in [1.165, 1.54) is 12.1 Å². The summed E-state index contributed by atoms with van der Waals surface area (Å²) in [7, 11) is 1.63. The molecule has 6 heteroatoms. The number of rotatable bonds is 6. The van der Waals surface area contributed by atoms with Crippen LogP contribution in [0.2, 0.25) is 0 Å². The number of hydrogen-bond donors (Lipinski definition) is 1. The summed E-state index contributed by atoms with van der Waals surface area (Å²) in [5.41, 5.74) is 3.38. The summed E-state index contributed by atoms with van der Waals surface area (Å²) in [5, 5.41) is 14.5. The van der Waals surface area contributed by atoms with Crippen molar-refractivity contribution in [1.82, 2.24) is 4.90 Å². The third-order valence-corrected chi connectivity index (χ3v) is 5.28. The molecule has 0 saturated carbocycles. The highest BCUT2D eigenvalue weighted by atomic mass is 16.5. The number of nitrogens with zero attached hydrogens (tertiary/aromatic N) is 1. The lowest BCUT2D eigenvalue weighted by Gasteiger charge is -2.38. The van der Waals surface area contributed by atoms with E-state index in [1.807, 2.05) is 42.5 Å². The quantitative estimate of drug-likeness (QED) is 0.687. The van der Waals surface area contributed by atoms with Gasteiger partial charge in [0, 0.05) is 12.2 Å². The molecule has 3 aromatic rings. The lowest BCUT2D eigenvalue weighted by molar-refractivity contribution is -0.255. The zero-order valence-corrected chi connectivity index (χ0v) is 16.5. The molecule has 0 unspecified atom stereocenters. The summed E-state index contributed by atoms with van der Waals surface area (Å²) < 4.78 is 5.20. The molecule has 30 heavy (non-hydrogen) atoms. The Morgan fingerprint density at radius 2 is 1.73 bits per heavy atom. The minimum Gasteiger partial charge on any atom is -0.545 e. The van der Waals surface area contributed by atoms with Crippen molar-refractivity contribution in [2.24, 2.45) is 0 Å². The molecule has 1 aliphatic heterocycles. The van der Waals surface area contributed by atoms with Crippen molar-refractivity contribution in [2.75, 3.05) is 19.0 Å². The molecule has 0 aliphatic carbocycles. The van der Waals surface area contributed by atoms with E-state index in [2.05, 4.69) is 5.32 Å². The van der Waals surface area contributed by atoms with Crippen LogP contribution in [0.15, 0.2) is 72.8 Å². The first-order chi connectivity index (χ1) is 14.6. The summed E-state index contributed by atoms with van der Waals surface area (Å²) in [6.07, 6.45) is 0.272. The molecule has 3 aromatic carbocycles. The van der Waals surface area contributed by atoms with Crippen LogP contribution in [-0.2, 0) is 6.42 Å². The Morgan fingerprint density at radius 1 is 1.03 bits per heavy atom. The number of methoxy groups -OCH3 is 1. The van der Waals surface area contributed by atoms with Crippen LogP contribution < -0.4 is 15.2 Å². The average Bonchev–Trinajstić information content (AvgIpc) is 2.79. The van der Waals surface area contributed by atoms with Crippen molar-refractivity contribution in [3.8, 4) is 5.75 Å². The number of ether oxygens (including phenoxy) is 1. The van der Waals surface area contributed by atoms with Gasteiger partial charge in [-0.05, 0) is 47.4 Å². The van der Waals surface area contributed by atoms with Crippen LogP contribution in [0.25, 0.3) is 0 Å². The van der Waals surface area contributed by atoms with Crippen LogP contribution >= 0.6 is 0 Å². The maximum Gasteiger partial charge on any atom is 0.257 e. The summed E-state index contributed by atoms with van der Waals surface area (Å²) in [6.45, 7) is 0.499. The highest BCUT2D eigenvalue weighted by molar-refractivity contribution is 6.01. The first kappa shape index (κ1) is 19.5. The Bertz CT molecular complexity index is 1060. The monoisotopic (exact) mass is 401 g/mol. The van der Waals surface area contributed by atoms with Crippen LogP contribution in [0, 0.1) is 0 Å². The Labute approximate surface area is 174 Å². The van der Waals surface area contributed by atoms with Crippen molar-refractivity contribution in [2.45, 2.75) is 12.6 Å². The molecule has 0 bridgehead atoms. The predicted molar refractivity (Wildman–Crippen MR) is 111 cm³/mol. The highest BCUT2D eigenvalue weighted by Crippen LogP contribution is 2.33. The number of hydrogen-bond acceptors (Lipinski definition) is 5. The SMILES string of the molecule is COc1ccc(CCN2C(=O)c3ccccc3N[C@@H]2c2ccc(C(=O)[O-])cc2)cc1. The van der Waals surface area contributed by atoms with Crippen molar-refractivity contribution < 1.29 is 19.4 Å². The lowest BCUT2D eigenvalue weighted by Crippen LogP contribution is -2.44. The van der Waals surface area contributed by atoms with Crippen molar-refractivity contribution in [3.63, 3.8) is 0 Å². The molecule has 1 atom stereocenters. The number of carboxylic acids is 1. The number of amides is 1. The number of fused-ring (bicyclic) bond motifs is 1. The fourth-order valence-corrected chi connectivity index (χ4v) is 3.63. The van der Waals surface area contributed by atoms with Gasteiger partial charge in [0.15, 0.2) is 0 Å². The second kappa shape index (κ2) is 8.29. The summed E-state index contributed by atoms with van der Waals surface area (Å²) >= 11 is 0. The van der Waals surface area contributed by atoms with Gasteiger partial charge < -0.3 is 24.9 Å². The number of benzene rings is 3. The van der Waals surface area contributed by atoms with E-state index in [0.29, 0.717) is 18.5 Å². The number of carbonyl (C=O) groups excluding carboxylic acids is 2. The van der Waals surface area contributed by atoms with Gasteiger partial charge in [-0.3, -0.25) is 4.79 Å². The first-order valence-electron chi connectivity index (χ1n) is 9.67. The summed E-state index contributed by atoms with van der Waals surface area (Å²) in [6, 6.07) is 21.6. The Balaban J connectivity index is 1.62. The van der Waals surface area contributed by atoms with E-state index in [-0.39, 0.29) is 11.5 Å². The predicted octanol–water partition coefficient (Wildman–Crippen LogP) is 2.87. The second-order valence-corrected chi connectivity index (χ2v) is 7.10. The Morgan fingerprint density at radius 3 is 2.40 bits per heavy atom. The number of carbonyl (C=O) groups is 2. The highest BCUT2D eigenvalue weighted by Gasteiger charge is 2.32. The third-order valence-electron chi connectivity index (χ3n) is 5.28. The number of carboxylic acid groups (broad SMARTS) is 1. The molecule has 0 saturated heterocycles. The van der Waals surface area contributed by atoms with Gasteiger partial charge in [0.05, 0.1) is 18.6 Å². The summed E-state index contributed by atoms with van der Waals surface area (Å²) in [4.78, 5) is 26.1. The maximum atomic E-state index is 13.3. The number of nitrogens with one attached hydrogen (secondary N) is 1. The van der Waals surface area contributed by atoms with Crippen LogP contribution in [0.1, 0.15) is 38.0 Å². The molecule has 4 rings (SSSR count). The lowest BCUT2D eigenvalue weighted by atomic mass is 10.0. The van der Waals surface area contributed by atoms with Gasteiger partial charge in [-0.15, -0.1) is 0 Å². The molecule has 6 nitrogen and oxygen atoms in total. The van der Waals surface area contributed by atoms with Gasteiger partial charge in [-0.1, -0.05) is 48.5 Å². The van der Waals surface area contributed by atoms with Crippen molar-refractivity contribution in [1.29, 1.82) is 0 Å². The van der Waals surface area contributed by atoms with Gasteiger partial charge in [0.25, 0.3) is 5.91 Å². The molecule has 1 N–H and O–H groups in total. The molecule has 152 valence electrons. The number of anilines is 1. The fraction of sp³-hybridized carbons (Fsp3) is 0.167. The molecule has 1 heterocycles. The standard InChI is InChI=1S/C24H22N2O4/c1-30-19-12-6-16(7-13-19)14-15-26-22(17-8-10-18(11-9-17)24(28)29)25-21-5-3-2-4-20(21)23(26)27/h2-13,22,25H,14-15H2,1H3,(H,28,29)/p-1/t22-/m0/s1. The normalized spacial score (nSPS) is 15.3. The van der Waals surface area contributed by atoms with Crippen molar-refractivity contribution in [3.05, 3.63) is 95.1 Å². The van der Waals surface area contributed by atoms with Crippen LogP contribution in [0.3, 0.4) is 0 Å². The van der Waals surface area contributed by atoms with E-state index in [1.54, 1.807) is 30.2 Å². The van der Waals surface area contributed by atoms with Gasteiger partial charge in [-0.25, -0.2) is 0 Å². The minimum atomic E-state index is -1.23. The van der Waals surface area contributed by atoms with E-state index in [4.69, 9.17) is 4.74 Å². The molecular weight excluding hydrogens is 380 g/mol. The van der Waals surface area contributed by atoms with E-state index >= 15 is 0 Å². The van der Waals surface area contributed by atoms with Crippen LogP contribution in [0.4, 0.5) is 5.69 Å². The Hall–Kier alpha value is -3.80. The number of para-hydroxylation sites is 1. The molecule has 0 spiro atoms. The maximum absolute atomic E-state index is 13.3. The Kier molecular flexibility index (Phi) is 5.39. The largest absolute Gasteiger partial charge is 0.545 e.